The van der Waals surface area contributed by atoms with E-state index in [1.165, 1.54) is 21.7 Å². The molecule has 0 bridgehead atoms. The van der Waals surface area contributed by atoms with Gasteiger partial charge in [0.05, 0.1) is 6.54 Å². The third kappa shape index (κ3) is 3.15. The summed E-state index contributed by atoms with van der Waals surface area (Å²) in [5, 5.41) is 1.93. The Balaban J connectivity index is 2.33. The quantitative estimate of drug-likeness (QED) is 0.838. The second-order valence-corrected chi connectivity index (χ2v) is 7.72. The summed E-state index contributed by atoms with van der Waals surface area (Å²) in [4.78, 5) is 1.12. The van der Waals surface area contributed by atoms with E-state index < -0.39 is 10.0 Å². The van der Waals surface area contributed by atoms with Gasteiger partial charge in [-0.1, -0.05) is 13.0 Å². The van der Waals surface area contributed by atoms with Crippen LogP contribution in [0.5, 0.6) is 0 Å². The molecule has 0 aliphatic heterocycles. The summed E-state index contributed by atoms with van der Waals surface area (Å²) in [6, 6.07) is 5.29. The first-order valence-corrected chi connectivity index (χ1v) is 9.11. The number of nitrogens with two attached hydrogens (primary N) is 1. The van der Waals surface area contributed by atoms with Gasteiger partial charge in [0.15, 0.2) is 4.67 Å². The minimum atomic E-state index is -3.60. The Kier molecular flexibility index (Phi) is 5.03. The van der Waals surface area contributed by atoms with Crippen molar-refractivity contribution in [2.45, 2.75) is 24.9 Å². The molecule has 0 amide bonds. The van der Waals surface area contributed by atoms with E-state index in [-0.39, 0.29) is 16.1 Å². The lowest BCUT2D eigenvalue weighted by atomic mass is 10.4. The molecule has 0 radical (unpaired) electrons. The standard InChI is InChI=1S/C12H15BrN2O3S2/c1-2-15(8-10-4-3-5-19-10)20(16,17)11-6-9(7-14)18-12(11)13/h3-6H,2,7-8,14H2,1H3. The van der Waals surface area contributed by atoms with Crippen molar-refractivity contribution in [1.29, 1.82) is 0 Å². The van der Waals surface area contributed by atoms with Crippen LogP contribution in [0.2, 0.25) is 0 Å². The number of thiophene rings is 1. The van der Waals surface area contributed by atoms with Crippen LogP contribution in [-0.4, -0.2) is 19.3 Å². The molecule has 5 nitrogen and oxygen atoms in total. The lowest BCUT2D eigenvalue weighted by Gasteiger charge is -2.18. The first kappa shape index (κ1) is 15.7. The van der Waals surface area contributed by atoms with Gasteiger partial charge in [-0.3, -0.25) is 0 Å². The smallest absolute Gasteiger partial charge is 0.247 e. The summed E-state index contributed by atoms with van der Waals surface area (Å²) in [5.74, 6) is 0.433. The lowest BCUT2D eigenvalue weighted by Crippen LogP contribution is -2.30. The molecular formula is C12H15BrN2O3S2. The third-order valence-electron chi connectivity index (χ3n) is 2.79. The molecule has 2 aromatic heterocycles. The predicted octanol–water partition coefficient (Wildman–Crippen LogP) is 2.77. The molecule has 2 rings (SSSR count). The number of nitrogens with zero attached hydrogens (tertiary/aromatic N) is 1. The van der Waals surface area contributed by atoms with Crippen molar-refractivity contribution < 1.29 is 12.8 Å². The maximum atomic E-state index is 12.6. The minimum Gasteiger partial charge on any atom is -0.452 e. The van der Waals surface area contributed by atoms with Crippen molar-refractivity contribution in [3.8, 4) is 0 Å². The van der Waals surface area contributed by atoms with Gasteiger partial charge < -0.3 is 10.2 Å². The molecule has 0 aliphatic rings. The second-order valence-electron chi connectivity index (χ2n) is 4.07. The molecule has 0 atom stereocenters. The van der Waals surface area contributed by atoms with Gasteiger partial charge in [0, 0.05) is 24.0 Å². The highest BCUT2D eigenvalue weighted by Crippen LogP contribution is 2.29. The highest BCUT2D eigenvalue weighted by molar-refractivity contribution is 9.10. The van der Waals surface area contributed by atoms with Crippen LogP contribution in [0.1, 0.15) is 17.6 Å². The molecule has 2 aromatic rings. The number of rotatable bonds is 6. The molecule has 20 heavy (non-hydrogen) atoms. The highest BCUT2D eigenvalue weighted by Gasteiger charge is 2.28. The predicted molar refractivity (Wildman–Crippen MR) is 81.9 cm³/mol. The molecule has 0 unspecified atom stereocenters. The van der Waals surface area contributed by atoms with Gasteiger partial charge in [0.1, 0.15) is 10.7 Å². The molecular weight excluding hydrogens is 364 g/mol. The molecule has 0 saturated heterocycles. The van der Waals surface area contributed by atoms with Crippen molar-refractivity contribution in [3.05, 3.63) is 38.9 Å². The van der Waals surface area contributed by atoms with Gasteiger partial charge in [0.2, 0.25) is 10.0 Å². The zero-order valence-corrected chi connectivity index (χ0v) is 14.1. The Morgan fingerprint density at radius 1 is 1.50 bits per heavy atom. The Labute approximate surface area is 130 Å². The van der Waals surface area contributed by atoms with E-state index in [2.05, 4.69) is 15.9 Å². The Morgan fingerprint density at radius 2 is 2.25 bits per heavy atom. The molecule has 0 aliphatic carbocycles. The van der Waals surface area contributed by atoms with E-state index in [1.54, 1.807) is 0 Å². The summed E-state index contributed by atoms with van der Waals surface area (Å²) in [6.07, 6.45) is 0. The van der Waals surface area contributed by atoms with Crippen molar-refractivity contribution in [2.75, 3.05) is 6.54 Å². The number of hydrogen-bond donors (Lipinski definition) is 1. The fourth-order valence-corrected chi connectivity index (χ4v) is 4.95. The minimum absolute atomic E-state index is 0.122. The van der Waals surface area contributed by atoms with E-state index >= 15 is 0 Å². The monoisotopic (exact) mass is 378 g/mol. The highest BCUT2D eigenvalue weighted by atomic mass is 79.9. The molecule has 2 heterocycles. The van der Waals surface area contributed by atoms with Crippen molar-refractivity contribution in [3.63, 3.8) is 0 Å². The first-order chi connectivity index (χ1) is 9.48. The van der Waals surface area contributed by atoms with Crippen LogP contribution >= 0.6 is 27.3 Å². The fourth-order valence-electron chi connectivity index (χ4n) is 1.76. The maximum absolute atomic E-state index is 12.6. The van der Waals surface area contributed by atoms with Gasteiger partial charge in [-0.15, -0.1) is 11.3 Å². The number of halogens is 1. The molecule has 0 saturated carbocycles. The Hall–Kier alpha value is -0.670. The number of furan rings is 1. The van der Waals surface area contributed by atoms with Crippen molar-refractivity contribution in [2.24, 2.45) is 5.73 Å². The summed E-state index contributed by atoms with van der Waals surface area (Å²) >= 11 is 4.67. The zero-order valence-electron chi connectivity index (χ0n) is 10.9. The van der Waals surface area contributed by atoms with E-state index in [0.29, 0.717) is 18.8 Å². The van der Waals surface area contributed by atoms with Gasteiger partial charge in [0.25, 0.3) is 0 Å². The topological polar surface area (TPSA) is 76.5 Å². The van der Waals surface area contributed by atoms with Crippen LogP contribution in [-0.2, 0) is 23.1 Å². The largest absolute Gasteiger partial charge is 0.452 e. The van der Waals surface area contributed by atoms with Gasteiger partial charge in [-0.25, -0.2) is 8.42 Å². The summed E-state index contributed by atoms with van der Waals surface area (Å²) < 4.78 is 32.2. The van der Waals surface area contributed by atoms with Crippen LogP contribution in [0, 0.1) is 0 Å². The third-order valence-corrected chi connectivity index (χ3v) is 6.43. The number of hydrogen-bond acceptors (Lipinski definition) is 5. The number of sulfonamides is 1. The maximum Gasteiger partial charge on any atom is 0.247 e. The first-order valence-electron chi connectivity index (χ1n) is 5.99. The van der Waals surface area contributed by atoms with Crippen LogP contribution in [0.25, 0.3) is 0 Å². The van der Waals surface area contributed by atoms with Crippen molar-refractivity contribution in [1.82, 2.24) is 4.31 Å². The lowest BCUT2D eigenvalue weighted by molar-refractivity contribution is 0.423. The fraction of sp³-hybridized carbons (Fsp3) is 0.333. The summed E-state index contributed by atoms with van der Waals surface area (Å²) in [5.41, 5.74) is 5.47. The second kappa shape index (κ2) is 6.40. The summed E-state index contributed by atoms with van der Waals surface area (Å²) in [6.45, 7) is 2.70. The van der Waals surface area contributed by atoms with Crippen LogP contribution in [0.4, 0.5) is 0 Å². The van der Waals surface area contributed by atoms with Gasteiger partial charge in [-0.05, 0) is 27.4 Å². The zero-order chi connectivity index (χ0) is 14.8. The van der Waals surface area contributed by atoms with E-state index in [0.717, 1.165) is 4.88 Å². The Bertz CT molecular complexity index is 665. The molecule has 110 valence electrons. The average Bonchev–Trinajstić information content (AvgIpc) is 3.04. The molecule has 2 N–H and O–H groups in total. The normalized spacial score (nSPS) is 12.2. The van der Waals surface area contributed by atoms with Gasteiger partial charge >= 0.3 is 0 Å². The van der Waals surface area contributed by atoms with E-state index in [1.807, 2.05) is 24.4 Å². The summed E-state index contributed by atoms with van der Waals surface area (Å²) in [7, 11) is -3.60. The van der Waals surface area contributed by atoms with Crippen LogP contribution < -0.4 is 5.73 Å². The van der Waals surface area contributed by atoms with Crippen LogP contribution in [0.15, 0.2) is 37.6 Å². The molecule has 0 aromatic carbocycles. The SMILES string of the molecule is CCN(Cc1cccs1)S(=O)(=O)c1cc(CN)oc1Br. The Morgan fingerprint density at radius 3 is 2.75 bits per heavy atom. The molecule has 0 spiro atoms. The average molecular weight is 379 g/mol. The van der Waals surface area contributed by atoms with Crippen LogP contribution in [0.3, 0.4) is 0 Å². The van der Waals surface area contributed by atoms with E-state index in [9.17, 15) is 8.42 Å². The molecule has 8 heteroatoms. The van der Waals surface area contributed by atoms with E-state index in [4.69, 9.17) is 10.2 Å². The van der Waals surface area contributed by atoms with Crippen molar-refractivity contribution >= 4 is 37.3 Å². The van der Waals surface area contributed by atoms with Gasteiger partial charge in [-0.2, -0.15) is 4.31 Å². The molecule has 0 fully saturated rings.